The molecule has 1 heterocycles. The molecule has 0 saturated carbocycles. The normalized spacial score (nSPS) is 9.81. The van der Waals surface area contributed by atoms with Gasteiger partial charge in [0.2, 0.25) is 11.6 Å². The zero-order chi connectivity index (χ0) is 11.8. The van der Waals surface area contributed by atoms with E-state index in [1.165, 1.54) is 0 Å². The van der Waals surface area contributed by atoms with Crippen LogP contribution in [0.25, 0.3) is 0 Å². The van der Waals surface area contributed by atoms with Crippen molar-refractivity contribution in [2.45, 2.75) is 32.6 Å². The highest BCUT2D eigenvalue weighted by Crippen LogP contribution is 2.12. The molecular weight excluding hydrogens is 209 g/mol. The van der Waals surface area contributed by atoms with Crippen molar-refractivity contribution >= 4 is 0 Å². The SMILES string of the molecule is CCCCCCOc1ncc(F)nc1C#N. The number of unbranched alkanes of at least 4 members (excludes halogenated alkanes) is 3. The highest BCUT2D eigenvalue weighted by molar-refractivity contribution is 5.30. The molecule has 0 aliphatic carbocycles. The van der Waals surface area contributed by atoms with Gasteiger partial charge in [0.05, 0.1) is 12.8 Å². The maximum Gasteiger partial charge on any atom is 0.251 e. The molecule has 5 heteroatoms. The van der Waals surface area contributed by atoms with Gasteiger partial charge in [0.1, 0.15) is 6.07 Å². The van der Waals surface area contributed by atoms with E-state index in [9.17, 15) is 4.39 Å². The molecule has 86 valence electrons. The first-order chi connectivity index (χ1) is 7.77. The molecule has 0 amide bonds. The summed E-state index contributed by atoms with van der Waals surface area (Å²) >= 11 is 0. The molecule has 0 radical (unpaired) electrons. The summed E-state index contributed by atoms with van der Waals surface area (Å²) < 4.78 is 17.9. The van der Waals surface area contributed by atoms with Gasteiger partial charge in [-0.15, -0.1) is 0 Å². The Kier molecular flexibility index (Phi) is 5.20. The Labute approximate surface area is 94.1 Å². The van der Waals surface area contributed by atoms with Gasteiger partial charge in [-0.25, -0.2) is 9.97 Å². The summed E-state index contributed by atoms with van der Waals surface area (Å²) in [5.74, 6) is -0.657. The average molecular weight is 223 g/mol. The molecule has 0 atom stereocenters. The molecule has 0 unspecified atom stereocenters. The van der Waals surface area contributed by atoms with Crippen LogP contribution in [-0.2, 0) is 0 Å². The Morgan fingerprint density at radius 1 is 1.44 bits per heavy atom. The van der Waals surface area contributed by atoms with Crippen molar-refractivity contribution in [2.75, 3.05) is 6.61 Å². The van der Waals surface area contributed by atoms with Crippen LogP contribution in [0.1, 0.15) is 38.3 Å². The quantitative estimate of drug-likeness (QED) is 0.695. The Morgan fingerprint density at radius 3 is 2.94 bits per heavy atom. The maximum atomic E-state index is 12.6. The minimum Gasteiger partial charge on any atom is -0.476 e. The van der Waals surface area contributed by atoms with Crippen LogP contribution in [0.3, 0.4) is 0 Å². The zero-order valence-corrected chi connectivity index (χ0v) is 9.24. The second-order valence-electron chi connectivity index (χ2n) is 3.37. The summed E-state index contributed by atoms with van der Waals surface area (Å²) in [6.07, 6.45) is 5.23. The van der Waals surface area contributed by atoms with Gasteiger partial charge >= 0.3 is 0 Å². The van der Waals surface area contributed by atoms with E-state index >= 15 is 0 Å². The molecule has 0 N–H and O–H groups in total. The Morgan fingerprint density at radius 2 is 2.25 bits per heavy atom. The number of halogens is 1. The fourth-order valence-corrected chi connectivity index (χ4v) is 1.23. The molecule has 16 heavy (non-hydrogen) atoms. The molecule has 0 spiro atoms. The van der Waals surface area contributed by atoms with Crippen molar-refractivity contribution in [1.82, 2.24) is 9.97 Å². The fourth-order valence-electron chi connectivity index (χ4n) is 1.23. The Balaban J connectivity index is 2.45. The lowest BCUT2D eigenvalue weighted by Crippen LogP contribution is -2.03. The molecular formula is C11H14FN3O. The summed E-state index contributed by atoms with van der Waals surface area (Å²) in [6.45, 7) is 2.61. The van der Waals surface area contributed by atoms with E-state index in [4.69, 9.17) is 10.00 Å². The molecule has 1 aromatic rings. The number of hydrogen-bond acceptors (Lipinski definition) is 4. The highest BCUT2D eigenvalue weighted by Gasteiger charge is 2.07. The lowest BCUT2D eigenvalue weighted by atomic mass is 10.2. The smallest absolute Gasteiger partial charge is 0.251 e. The van der Waals surface area contributed by atoms with Gasteiger partial charge in [0, 0.05) is 0 Å². The highest BCUT2D eigenvalue weighted by atomic mass is 19.1. The van der Waals surface area contributed by atoms with Crippen LogP contribution in [-0.4, -0.2) is 16.6 Å². The van der Waals surface area contributed by atoms with Crippen LogP contribution in [0.4, 0.5) is 4.39 Å². The van der Waals surface area contributed by atoms with Crippen molar-refractivity contribution in [1.29, 1.82) is 5.26 Å². The second kappa shape index (κ2) is 6.72. The summed E-state index contributed by atoms with van der Waals surface area (Å²) in [5, 5.41) is 8.68. The number of nitriles is 1. The van der Waals surface area contributed by atoms with E-state index in [1.807, 2.05) is 0 Å². The first kappa shape index (κ1) is 12.4. The number of ether oxygens (including phenoxy) is 1. The van der Waals surface area contributed by atoms with Gasteiger partial charge in [-0.2, -0.15) is 9.65 Å². The first-order valence-electron chi connectivity index (χ1n) is 5.33. The summed E-state index contributed by atoms with van der Waals surface area (Å²) in [4.78, 5) is 7.08. The maximum absolute atomic E-state index is 12.6. The van der Waals surface area contributed by atoms with Crippen molar-refractivity contribution in [3.05, 3.63) is 17.8 Å². The van der Waals surface area contributed by atoms with Crippen molar-refractivity contribution in [2.24, 2.45) is 0 Å². The van der Waals surface area contributed by atoms with Crippen molar-refractivity contribution in [3.63, 3.8) is 0 Å². The molecule has 1 rings (SSSR count). The zero-order valence-electron chi connectivity index (χ0n) is 9.24. The van der Waals surface area contributed by atoms with Crippen molar-refractivity contribution in [3.8, 4) is 11.9 Å². The molecule has 0 aliphatic rings. The van der Waals surface area contributed by atoms with Crippen LogP contribution >= 0.6 is 0 Å². The van der Waals surface area contributed by atoms with Gasteiger partial charge in [-0.3, -0.25) is 0 Å². The Bertz CT molecular complexity index is 376. The van der Waals surface area contributed by atoms with E-state index in [0.29, 0.717) is 6.61 Å². The average Bonchev–Trinajstić information content (AvgIpc) is 2.30. The monoisotopic (exact) mass is 223 g/mol. The van der Waals surface area contributed by atoms with E-state index < -0.39 is 5.95 Å². The molecule has 0 aromatic carbocycles. The number of rotatable bonds is 6. The Hall–Kier alpha value is -1.70. The van der Waals surface area contributed by atoms with Crippen LogP contribution in [0.15, 0.2) is 6.20 Å². The van der Waals surface area contributed by atoms with Crippen molar-refractivity contribution < 1.29 is 9.13 Å². The molecule has 1 aromatic heterocycles. The van der Waals surface area contributed by atoms with E-state index in [-0.39, 0.29) is 11.6 Å². The standard InChI is InChI=1S/C11H14FN3O/c1-2-3-4-5-6-16-11-9(7-13)15-10(12)8-14-11/h8H,2-6H2,1H3. The third-order valence-corrected chi connectivity index (χ3v) is 2.05. The topological polar surface area (TPSA) is 58.8 Å². The van der Waals surface area contributed by atoms with Crippen LogP contribution in [0, 0.1) is 17.3 Å². The van der Waals surface area contributed by atoms with Crippen LogP contribution in [0.5, 0.6) is 5.88 Å². The minimum absolute atomic E-state index is 0.101. The van der Waals surface area contributed by atoms with Gasteiger partial charge in [-0.1, -0.05) is 26.2 Å². The molecule has 0 aliphatic heterocycles. The van der Waals surface area contributed by atoms with Gasteiger partial charge in [0.15, 0.2) is 0 Å². The largest absolute Gasteiger partial charge is 0.476 e. The van der Waals surface area contributed by atoms with E-state index in [1.54, 1.807) is 6.07 Å². The predicted octanol–water partition coefficient (Wildman–Crippen LogP) is 2.45. The van der Waals surface area contributed by atoms with Gasteiger partial charge in [-0.05, 0) is 6.42 Å². The molecule has 4 nitrogen and oxygen atoms in total. The second-order valence-corrected chi connectivity index (χ2v) is 3.37. The molecule has 0 bridgehead atoms. The fraction of sp³-hybridized carbons (Fsp3) is 0.545. The van der Waals surface area contributed by atoms with Gasteiger partial charge in [0.25, 0.3) is 5.88 Å². The third-order valence-electron chi connectivity index (χ3n) is 2.05. The van der Waals surface area contributed by atoms with E-state index in [0.717, 1.165) is 31.9 Å². The summed E-state index contributed by atoms with van der Waals surface area (Å²) in [5.41, 5.74) is -0.101. The lowest BCUT2D eigenvalue weighted by molar-refractivity contribution is 0.290. The molecule has 0 saturated heterocycles. The number of nitrogens with zero attached hydrogens (tertiary/aromatic N) is 3. The summed E-state index contributed by atoms with van der Waals surface area (Å²) in [6, 6.07) is 1.75. The van der Waals surface area contributed by atoms with Crippen LogP contribution in [0.2, 0.25) is 0 Å². The first-order valence-corrected chi connectivity index (χ1v) is 5.33. The molecule has 0 fully saturated rings. The number of hydrogen-bond donors (Lipinski definition) is 0. The van der Waals surface area contributed by atoms with Gasteiger partial charge < -0.3 is 4.74 Å². The van der Waals surface area contributed by atoms with E-state index in [2.05, 4.69) is 16.9 Å². The summed E-state index contributed by atoms with van der Waals surface area (Å²) in [7, 11) is 0. The lowest BCUT2D eigenvalue weighted by Gasteiger charge is -2.05. The van der Waals surface area contributed by atoms with Crippen LogP contribution < -0.4 is 4.74 Å². The number of aromatic nitrogens is 2. The third kappa shape index (κ3) is 3.81. The minimum atomic E-state index is -0.769. The predicted molar refractivity (Wildman–Crippen MR) is 56.3 cm³/mol.